The molecule has 0 bridgehead atoms. The zero-order valence-electron chi connectivity index (χ0n) is 8.80. The van der Waals surface area contributed by atoms with Crippen LogP contribution in [0, 0.1) is 24.0 Å². The van der Waals surface area contributed by atoms with Gasteiger partial charge in [0.1, 0.15) is 0 Å². The van der Waals surface area contributed by atoms with Gasteiger partial charge in [0.15, 0.2) is 0 Å². The van der Waals surface area contributed by atoms with Crippen molar-refractivity contribution in [3.05, 3.63) is 38.4 Å². The van der Waals surface area contributed by atoms with Crippen LogP contribution in [0.25, 0.3) is 0 Å². The van der Waals surface area contributed by atoms with Gasteiger partial charge in [-0.05, 0) is 25.0 Å². The molecule has 0 spiro atoms. The minimum absolute atomic E-state index is 0.0445. The fourth-order valence-electron chi connectivity index (χ4n) is 0.904. The van der Waals surface area contributed by atoms with Gasteiger partial charge in [-0.15, -0.1) is 0 Å². The molecule has 3 nitrogen and oxygen atoms in total. The normalized spacial score (nSPS) is 8.93. The summed E-state index contributed by atoms with van der Waals surface area (Å²) in [5, 5.41) is 10.8. The molecule has 14 heavy (non-hydrogen) atoms. The van der Waals surface area contributed by atoms with Crippen LogP contribution in [0.15, 0.2) is 12.1 Å². The Morgan fingerprint density at radius 3 is 2.14 bits per heavy atom. The highest BCUT2D eigenvalue weighted by molar-refractivity contribution is 6.31. The third kappa shape index (κ3) is 3.00. The zero-order chi connectivity index (χ0) is 11.3. The molecule has 4 heteroatoms. The molecular formula is C10H14ClNO2. The van der Waals surface area contributed by atoms with E-state index in [0.29, 0.717) is 5.02 Å². The minimum atomic E-state index is -0.446. The van der Waals surface area contributed by atoms with Gasteiger partial charge in [-0.2, -0.15) is 0 Å². The van der Waals surface area contributed by atoms with Crippen molar-refractivity contribution in [2.45, 2.75) is 27.7 Å². The summed E-state index contributed by atoms with van der Waals surface area (Å²) in [5.74, 6) is 0. The molecule has 0 aliphatic carbocycles. The lowest BCUT2D eigenvalue weighted by atomic mass is 10.1. The smallest absolute Gasteiger partial charge is 0.258 e. The number of halogens is 1. The van der Waals surface area contributed by atoms with Crippen LogP contribution < -0.4 is 0 Å². The van der Waals surface area contributed by atoms with E-state index < -0.39 is 4.92 Å². The molecule has 0 radical (unpaired) electrons. The summed E-state index contributed by atoms with van der Waals surface area (Å²) in [5.41, 5.74) is 1.78. The van der Waals surface area contributed by atoms with E-state index in [0.717, 1.165) is 11.1 Å². The van der Waals surface area contributed by atoms with Gasteiger partial charge in [-0.3, -0.25) is 10.1 Å². The van der Waals surface area contributed by atoms with E-state index in [1.807, 2.05) is 20.8 Å². The Labute approximate surface area is 88.9 Å². The van der Waals surface area contributed by atoms with Crippen molar-refractivity contribution in [2.24, 2.45) is 0 Å². The summed E-state index contributed by atoms with van der Waals surface area (Å²) in [6.07, 6.45) is 0. The summed E-state index contributed by atoms with van der Waals surface area (Å²) in [6.45, 7) is 7.63. The highest BCUT2D eigenvalue weighted by Crippen LogP contribution is 2.24. The number of nitrogens with zero attached hydrogens (tertiary/aromatic N) is 1. The molecule has 1 aromatic carbocycles. The van der Waals surface area contributed by atoms with Crippen LogP contribution >= 0.6 is 11.6 Å². The first-order valence-corrected chi connectivity index (χ1v) is 4.81. The quantitative estimate of drug-likeness (QED) is 0.527. The van der Waals surface area contributed by atoms with Crippen molar-refractivity contribution in [3.63, 3.8) is 0 Å². The standard InChI is InChI=1S/C8H8ClNO2.C2H6/c1-5-3-7(10(11)12)4-8(9)6(5)2;1-2/h3-4H,1-2H3;1-2H3. The van der Waals surface area contributed by atoms with Gasteiger partial charge in [0, 0.05) is 12.1 Å². The van der Waals surface area contributed by atoms with Gasteiger partial charge < -0.3 is 0 Å². The number of aryl methyl sites for hydroxylation is 1. The molecule has 0 aliphatic heterocycles. The van der Waals surface area contributed by atoms with E-state index in [1.54, 1.807) is 6.92 Å². The Hall–Kier alpha value is -1.09. The van der Waals surface area contributed by atoms with Crippen LogP contribution in [0.3, 0.4) is 0 Å². The lowest BCUT2D eigenvalue weighted by Gasteiger charge is -2.01. The Morgan fingerprint density at radius 1 is 1.29 bits per heavy atom. The maximum Gasteiger partial charge on any atom is 0.271 e. The molecule has 1 aromatic rings. The van der Waals surface area contributed by atoms with E-state index in [4.69, 9.17) is 11.6 Å². The first kappa shape index (κ1) is 12.9. The van der Waals surface area contributed by atoms with Gasteiger partial charge in [0.2, 0.25) is 0 Å². The summed E-state index contributed by atoms with van der Waals surface area (Å²) >= 11 is 5.76. The van der Waals surface area contributed by atoms with E-state index in [-0.39, 0.29) is 5.69 Å². The van der Waals surface area contributed by atoms with Crippen LogP contribution in [0.5, 0.6) is 0 Å². The summed E-state index contributed by atoms with van der Waals surface area (Å²) in [6, 6.07) is 2.88. The van der Waals surface area contributed by atoms with Crippen molar-refractivity contribution in [1.29, 1.82) is 0 Å². The highest BCUT2D eigenvalue weighted by Gasteiger charge is 2.09. The molecule has 0 saturated heterocycles. The molecule has 0 heterocycles. The zero-order valence-corrected chi connectivity index (χ0v) is 9.55. The molecule has 1 rings (SSSR count). The van der Waals surface area contributed by atoms with Gasteiger partial charge in [0.05, 0.1) is 9.95 Å². The molecule has 0 saturated carbocycles. The van der Waals surface area contributed by atoms with Gasteiger partial charge >= 0.3 is 0 Å². The number of rotatable bonds is 1. The van der Waals surface area contributed by atoms with Crippen molar-refractivity contribution in [2.75, 3.05) is 0 Å². The fraction of sp³-hybridized carbons (Fsp3) is 0.400. The Bertz CT molecular complexity index is 314. The molecule has 0 atom stereocenters. The number of nitro groups is 1. The summed E-state index contributed by atoms with van der Waals surface area (Å²) in [4.78, 5) is 9.92. The van der Waals surface area contributed by atoms with Crippen molar-refractivity contribution >= 4 is 17.3 Å². The number of hydrogen-bond donors (Lipinski definition) is 0. The second kappa shape index (κ2) is 5.60. The minimum Gasteiger partial charge on any atom is -0.258 e. The Balaban J connectivity index is 0.000000791. The van der Waals surface area contributed by atoms with Crippen molar-refractivity contribution in [3.8, 4) is 0 Å². The second-order valence-electron chi connectivity index (χ2n) is 2.63. The van der Waals surface area contributed by atoms with Crippen LogP contribution in [-0.2, 0) is 0 Å². The third-order valence-electron chi connectivity index (χ3n) is 1.80. The molecule has 0 aliphatic rings. The maximum atomic E-state index is 10.4. The van der Waals surface area contributed by atoms with Crippen LogP contribution in [0.2, 0.25) is 5.02 Å². The van der Waals surface area contributed by atoms with Gasteiger partial charge in [-0.25, -0.2) is 0 Å². The molecular weight excluding hydrogens is 202 g/mol. The van der Waals surface area contributed by atoms with Crippen molar-refractivity contribution in [1.82, 2.24) is 0 Å². The molecule has 0 amide bonds. The topological polar surface area (TPSA) is 43.1 Å². The van der Waals surface area contributed by atoms with Crippen LogP contribution in [0.1, 0.15) is 25.0 Å². The van der Waals surface area contributed by atoms with E-state index in [1.165, 1.54) is 12.1 Å². The number of non-ortho nitro benzene ring substituents is 1. The van der Waals surface area contributed by atoms with Crippen LogP contribution in [-0.4, -0.2) is 4.92 Å². The predicted molar refractivity (Wildman–Crippen MR) is 58.9 cm³/mol. The van der Waals surface area contributed by atoms with E-state index in [2.05, 4.69) is 0 Å². The van der Waals surface area contributed by atoms with E-state index >= 15 is 0 Å². The Morgan fingerprint density at radius 2 is 1.79 bits per heavy atom. The van der Waals surface area contributed by atoms with E-state index in [9.17, 15) is 10.1 Å². The number of hydrogen-bond acceptors (Lipinski definition) is 2. The molecule has 0 aromatic heterocycles. The molecule has 0 N–H and O–H groups in total. The molecule has 78 valence electrons. The summed E-state index contributed by atoms with van der Waals surface area (Å²) in [7, 11) is 0. The average Bonchev–Trinajstić information content (AvgIpc) is 2.16. The lowest BCUT2D eigenvalue weighted by molar-refractivity contribution is -0.384. The van der Waals surface area contributed by atoms with Gasteiger partial charge in [-0.1, -0.05) is 25.4 Å². The lowest BCUT2D eigenvalue weighted by Crippen LogP contribution is -1.90. The Kier molecular flexibility index (Phi) is 5.16. The largest absolute Gasteiger partial charge is 0.271 e. The first-order chi connectivity index (χ1) is 6.52. The predicted octanol–water partition coefficient (Wildman–Crippen LogP) is 3.89. The molecule has 0 unspecified atom stereocenters. The third-order valence-corrected chi connectivity index (χ3v) is 2.19. The van der Waals surface area contributed by atoms with Crippen molar-refractivity contribution < 1.29 is 4.92 Å². The maximum absolute atomic E-state index is 10.4. The second-order valence-corrected chi connectivity index (χ2v) is 3.03. The fourth-order valence-corrected chi connectivity index (χ4v) is 1.16. The van der Waals surface area contributed by atoms with Crippen LogP contribution in [0.4, 0.5) is 5.69 Å². The average molecular weight is 216 g/mol. The SMILES string of the molecule is CC.Cc1cc([N+](=O)[O-])cc(Cl)c1C. The first-order valence-electron chi connectivity index (χ1n) is 4.43. The number of nitro benzene ring substituents is 1. The summed E-state index contributed by atoms with van der Waals surface area (Å²) < 4.78 is 0. The number of benzene rings is 1. The highest BCUT2D eigenvalue weighted by atomic mass is 35.5. The molecule has 0 fully saturated rings. The monoisotopic (exact) mass is 215 g/mol. The van der Waals surface area contributed by atoms with Gasteiger partial charge in [0.25, 0.3) is 5.69 Å².